The third-order valence-electron chi connectivity index (χ3n) is 3.00. The third-order valence-corrected chi connectivity index (χ3v) is 3.00. The van der Waals surface area contributed by atoms with E-state index in [1.165, 1.54) is 18.2 Å². The van der Waals surface area contributed by atoms with Crippen LogP contribution >= 0.6 is 0 Å². The number of benzene rings is 2. The average molecular weight is 299 g/mol. The summed E-state index contributed by atoms with van der Waals surface area (Å²) in [6.07, 6.45) is 0. The lowest BCUT2D eigenvalue weighted by Gasteiger charge is -2.06. The van der Waals surface area contributed by atoms with Crippen LogP contribution in [-0.4, -0.2) is 21.7 Å². The maximum Gasteiger partial charge on any atom is 0.337 e. The number of nitro benzene ring substituents is 1. The number of nitro groups is 1. The number of rotatable bonds is 5. The Kier molecular flexibility index (Phi) is 4.47. The first kappa shape index (κ1) is 15.2. The summed E-state index contributed by atoms with van der Waals surface area (Å²) < 4.78 is 0. The van der Waals surface area contributed by atoms with Crippen LogP contribution in [0.3, 0.4) is 0 Å². The zero-order valence-electron chi connectivity index (χ0n) is 11.7. The van der Waals surface area contributed by atoms with E-state index in [1.54, 1.807) is 37.3 Å². The van der Waals surface area contributed by atoms with Crippen molar-refractivity contribution < 1.29 is 14.8 Å². The van der Waals surface area contributed by atoms with Crippen LogP contribution in [0.25, 0.3) is 0 Å². The standard InChI is InChI=1S/C15H13N3O4/c1-10(11-6-8-12(9-7-11)18(21)22)16-17-14-5-3-2-4-13(14)15(19)20/h2-9,17H,1H3,(H,19,20)/b16-10-. The van der Waals surface area contributed by atoms with E-state index in [0.717, 1.165) is 0 Å². The highest BCUT2D eigenvalue weighted by Gasteiger charge is 2.09. The summed E-state index contributed by atoms with van der Waals surface area (Å²) >= 11 is 0. The van der Waals surface area contributed by atoms with Crippen molar-refractivity contribution in [3.63, 3.8) is 0 Å². The molecule has 7 heteroatoms. The van der Waals surface area contributed by atoms with Gasteiger partial charge in [0.15, 0.2) is 0 Å². The minimum Gasteiger partial charge on any atom is -0.478 e. The molecule has 2 rings (SSSR count). The molecule has 0 fully saturated rings. The molecule has 0 amide bonds. The van der Waals surface area contributed by atoms with Crippen LogP contribution in [0.1, 0.15) is 22.8 Å². The Hall–Kier alpha value is -3.22. The fourth-order valence-electron chi connectivity index (χ4n) is 1.80. The first-order valence-electron chi connectivity index (χ1n) is 6.36. The van der Waals surface area contributed by atoms with Gasteiger partial charge in [0, 0.05) is 12.1 Å². The van der Waals surface area contributed by atoms with E-state index in [9.17, 15) is 14.9 Å². The molecule has 0 atom stereocenters. The van der Waals surface area contributed by atoms with Gasteiger partial charge in [-0.15, -0.1) is 0 Å². The van der Waals surface area contributed by atoms with Gasteiger partial charge in [-0.25, -0.2) is 4.79 Å². The molecule has 0 saturated carbocycles. The molecule has 0 aliphatic heterocycles. The smallest absolute Gasteiger partial charge is 0.337 e. The van der Waals surface area contributed by atoms with E-state index in [4.69, 9.17) is 5.11 Å². The molecule has 0 bridgehead atoms. The highest BCUT2D eigenvalue weighted by molar-refractivity contribution is 6.00. The predicted octanol–water partition coefficient (Wildman–Crippen LogP) is 3.13. The maximum absolute atomic E-state index is 11.1. The molecular formula is C15H13N3O4. The van der Waals surface area contributed by atoms with Crippen molar-refractivity contribution in [3.8, 4) is 0 Å². The molecule has 2 aromatic rings. The summed E-state index contributed by atoms with van der Waals surface area (Å²) in [5, 5.41) is 23.8. The van der Waals surface area contributed by atoms with Gasteiger partial charge >= 0.3 is 5.97 Å². The molecule has 0 saturated heterocycles. The van der Waals surface area contributed by atoms with E-state index in [0.29, 0.717) is 17.0 Å². The molecular weight excluding hydrogens is 286 g/mol. The SMILES string of the molecule is C/C(=N/Nc1ccccc1C(=O)O)c1ccc([N+](=O)[O-])cc1. The normalized spacial score (nSPS) is 11.0. The number of hydrogen-bond donors (Lipinski definition) is 2. The van der Waals surface area contributed by atoms with Crippen LogP contribution in [0, 0.1) is 10.1 Å². The number of non-ortho nitro benzene ring substituents is 1. The molecule has 0 spiro atoms. The highest BCUT2D eigenvalue weighted by atomic mass is 16.6. The fourth-order valence-corrected chi connectivity index (χ4v) is 1.80. The van der Waals surface area contributed by atoms with E-state index < -0.39 is 10.9 Å². The van der Waals surface area contributed by atoms with Gasteiger partial charge < -0.3 is 5.11 Å². The Morgan fingerprint density at radius 1 is 1.18 bits per heavy atom. The van der Waals surface area contributed by atoms with Gasteiger partial charge in [-0.05, 0) is 36.8 Å². The summed E-state index contributed by atoms with van der Waals surface area (Å²) in [6.45, 7) is 1.72. The first-order chi connectivity index (χ1) is 10.5. The van der Waals surface area contributed by atoms with Gasteiger partial charge in [-0.3, -0.25) is 15.5 Å². The van der Waals surface area contributed by atoms with Gasteiger partial charge in [0.05, 0.1) is 21.9 Å². The van der Waals surface area contributed by atoms with E-state index >= 15 is 0 Å². The van der Waals surface area contributed by atoms with Gasteiger partial charge in [-0.2, -0.15) is 5.10 Å². The monoisotopic (exact) mass is 299 g/mol. The van der Waals surface area contributed by atoms with Crippen LogP contribution in [-0.2, 0) is 0 Å². The lowest BCUT2D eigenvalue weighted by atomic mass is 10.1. The second kappa shape index (κ2) is 6.49. The number of carboxylic acids is 1. The van der Waals surface area contributed by atoms with Crippen molar-refractivity contribution in [3.05, 3.63) is 69.8 Å². The Labute approximate surface area is 126 Å². The number of carboxylic acid groups (broad SMARTS) is 1. The molecule has 0 unspecified atom stereocenters. The Morgan fingerprint density at radius 3 is 2.41 bits per heavy atom. The Bertz CT molecular complexity index is 739. The predicted molar refractivity (Wildman–Crippen MR) is 82.3 cm³/mol. The minimum absolute atomic E-state index is 0.000678. The fraction of sp³-hybridized carbons (Fsp3) is 0.0667. The van der Waals surface area contributed by atoms with Crippen LogP contribution < -0.4 is 5.43 Å². The molecule has 0 radical (unpaired) electrons. The topological polar surface area (TPSA) is 105 Å². The van der Waals surface area contributed by atoms with Crippen LogP contribution in [0.4, 0.5) is 11.4 Å². The van der Waals surface area contributed by atoms with Gasteiger partial charge in [0.25, 0.3) is 5.69 Å². The zero-order valence-corrected chi connectivity index (χ0v) is 11.7. The van der Waals surface area contributed by atoms with Crippen molar-refractivity contribution >= 4 is 23.1 Å². The summed E-state index contributed by atoms with van der Waals surface area (Å²) in [4.78, 5) is 21.2. The van der Waals surface area contributed by atoms with E-state index in [2.05, 4.69) is 10.5 Å². The van der Waals surface area contributed by atoms with Crippen molar-refractivity contribution in [2.75, 3.05) is 5.43 Å². The lowest BCUT2D eigenvalue weighted by Crippen LogP contribution is -2.04. The Balaban J connectivity index is 2.19. The molecule has 2 N–H and O–H groups in total. The quantitative estimate of drug-likeness (QED) is 0.501. The molecule has 0 aliphatic rings. The van der Waals surface area contributed by atoms with Gasteiger partial charge in [-0.1, -0.05) is 12.1 Å². The number of nitrogens with one attached hydrogen (secondary N) is 1. The molecule has 0 aliphatic carbocycles. The van der Waals surface area contributed by atoms with E-state index in [-0.39, 0.29) is 11.3 Å². The summed E-state index contributed by atoms with van der Waals surface area (Å²) in [5.74, 6) is -1.05. The first-order valence-corrected chi connectivity index (χ1v) is 6.36. The number of para-hydroxylation sites is 1. The molecule has 22 heavy (non-hydrogen) atoms. The van der Waals surface area contributed by atoms with Gasteiger partial charge in [0.2, 0.25) is 0 Å². The van der Waals surface area contributed by atoms with Gasteiger partial charge in [0.1, 0.15) is 0 Å². The molecule has 112 valence electrons. The second-order valence-corrected chi connectivity index (χ2v) is 4.46. The van der Waals surface area contributed by atoms with Crippen molar-refractivity contribution in [2.24, 2.45) is 5.10 Å². The Morgan fingerprint density at radius 2 is 1.82 bits per heavy atom. The number of carbonyl (C=O) groups is 1. The van der Waals surface area contributed by atoms with Crippen LogP contribution in [0.2, 0.25) is 0 Å². The minimum atomic E-state index is -1.05. The number of anilines is 1. The number of aromatic carboxylic acids is 1. The van der Waals surface area contributed by atoms with E-state index in [1.807, 2.05) is 0 Å². The summed E-state index contributed by atoms with van der Waals surface area (Å²) in [5.41, 5.74) is 4.47. The highest BCUT2D eigenvalue weighted by Crippen LogP contribution is 2.16. The maximum atomic E-state index is 11.1. The summed E-state index contributed by atoms with van der Waals surface area (Å²) in [7, 11) is 0. The molecule has 0 aromatic heterocycles. The average Bonchev–Trinajstić information content (AvgIpc) is 2.52. The van der Waals surface area contributed by atoms with Crippen molar-refractivity contribution in [1.82, 2.24) is 0 Å². The second-order valence-electron chi connectivity index (χ2n) is 4.46. The third kappa shape index (κ3) is 3.45. The number of hydrazone groups is 1. The molecule has 2 aromatic carbocycles. The number of hydrogen-bond acceptors (Lipinski definition) is 5. The lowest BCUT2D eigenvalue weighted by molar-refractivity contribution is -0.384. The van der Waals surface area contributed by atoms with Crippen LogP contribution in [0.5, 0.6) is 0 Å². The zero-order chi connectivity index (χ0) is 16.1. The largest absolute Gasteiger partial charge is 0.478 e. The number of nitrogens with zero attached hydrogens (tertiary/aromatic N) is 2. The van der Waals surface area contributed by atoms with Crippen molar-refractivity contribution in [2.45, 2.75) is 6.92 Å². The molecule has 7 nitrogen and oxygen atoms in total. The van der Waals surface area contributed by atoms with Crippen LogP contribution in [0.15, 0.2) is 53.6 Å². The van der Waals surface area contributed by atoms with Crippen molar-refractivity contribution in [1.29, 1.82) is 0 Å². The summed E-state index contributed by atoms with van der Waals surface area (Å²) in [6, 6.07) is 12.4. The molecule has 0 heterocycles.